The van der Waals surface area contributed by atoms with Crippen LogP contribution in [0.5, 0.6) is 0 Å². The summed E-state index contributed by atoms with van der Waals surface area (Å²) >= 11 is 1.57. The minimum atomic E-state index is -0.0248. The van der Waals surface area contributed by atoms with Gasteiger partial charge in [-0.05, 0) is 26.8 Å². The Labute approximate surface area is 123 Å². The number of hydrogen-bond acceptors (Lipinski definition) is 4. The molecule has 0 saturated heterocycles. The summed E-state index contributed by atoms with van der Waals surface area (Å²) < 4.78 is 1.91. The second kappa shape index (κ2) is 5.66. The average molecular weight is 292 g/mol. The predicted molar refractivity (Wildman–Crippen MR) is 81.9 cm³/mol. The van der Waals surface area contributed by atoms with Crippen LogP contribution in [-0.4, -0.2) is 27.4 Å². The van der Waals surface area contributed by atoms with E-state index in [2.05, 4.69) is 4.98 Å². The first-order valence-corrected chi connectivity index (χ1v) is 7.40. The van der Waals surface area contributed by atoms with Crippen molar-refractivity contribution in [2.75, 3.05) is 12.8 Å². The number of thiazole rings is 1. The Morgan fingerprint density at radius 3 is 2.80 bits per heavy atom. The maximum atomic E-state index is 12.6. The summed E-state index contributed by atoms with van der Waals surface area (Å²) in [4.78, 5) is 19.6. The van der Waals surface area contributed by atoms with Crippen LogP contribution in [0.25, 0.3) is 0 Å². The molecule has 2 aromatic rings. The molecule has 1 amide bonds. The number of nitrogen functional groups attached to an aromatic ring is 1. The van der Waals surface area contributed by atoms with Gasteiger partial charge in [-0.25, -0.2) is 4.98 Å². The number of hydrogen-bond donors (Lipinski definition) is 1. The molecule has 2 heterocycles. The van der Waals surface area contributed by atoms with Crippen molar-refractivity contribution in [3.8, 4) is 0 Å². The number of carbonyl (C=O) groups excluding carboxylic acids is 1. The zero-order chi connectivity index (χ0) is 14.9. The Kier molecular flexibility index (Phi) is 4.13. The van der Waals surface area contributed by atoms with Crippen molar-refractivity contribution in [2.24, 2.45) is 0 Å². The molecule has 6 heteroatoms. The molecule has 0 aliphatic rings. The largest absolute Gasteiger partial charge is 0.397 e. The third-order valence-electron chi connectivity index (χ3n) is 3.22. The number of rotatable bonds is 4. The van der Waals surface area contributed by atoms with Gasteiger partial charge in [-0.2, -0.15) is 0 Å². The third-order valence-corrected chi connectivity index (χ3v) is 4.14. The summed E-state index contributed by atoms with van der Waals surface area (Å²) in [6.45, 7) is 6.59. The number of nitrogens with zero attached hydrogens (tertiary/aromatic N) is 3. The van der Waals surface area contributed by atoms with Crippen molar-refractivity contribution in [1.29, 1.82) is 0 Å². The summed E-state index contributed by atoms with van der Waals surface area (Å²) in [5.41, 5.74) is 9.84. The maximum Gasteiger partial charge on any atom is 0.270 e. The van der Waals surface area contributed by atoms with E-state index >= 15 is 0 Å². The van der Waals surface area contributed by atoms with Gasteiger partial charge in [-0.1, -0.05) is 0 Å². The summed E-state index contributed by atoms with van der Waals surface area (Å²) in [5.74, 6) is -0.0248. The Balaban J connectivity index is 2.21. The van der Waals surface area contributed by atoms with E-state index in [1.807, 2.05) is 31.5 Å². The molecule has 0 unspecified atom stereocenters. The minimum absolute atomic E-state index is 0.0248. The molecule has 2 N–H and O–H groups in total. The molecule has 20 heavy (non-hydrogen) atoms. The molecule has 2 aromatic heterocycles. The second-order valence-corrected chi connectivity index (χ2v) is 6.12. The first-order chi connectivity index (χ1) is 9.40. The fourth-order valence-corrected chi connectivity index (χ4v) is 2.89. The lowest BCUT2D eigenvalue weighted by atomic mass is 10.3. The lowest BCUT2D eigenvalue weighted by molar-refractivity contribution is 0.0774. The van der Waals surface area contributed by atoms with Gasteiger partial charge in [0.25, 0.3) is 5.91 Å². The molecule has 0 radical (unpaired) electrons. The quantitative estimate of drug-likeness (QED) is 0.942. The van der Waals surface area contributed by atoms with Crippen molar-refractivity contribution in [2.45, 2.75) is 33.4 Å². The van der Waals surface area contributed by atoms with E-state index in [1.54, 1.807) is 34.9 Å². The van der Waals surface area contributed by atoms with Crippen LogP contribution in [0.4, 0.5) is 5.69 Å². The van der Waals surface area contributed by atoms with E-state index in [-0.39, 0.29) is 11.9 Å². The van der Waals surface area contributed by atoms with Gasteiger partial charge < -0.3 is 15.2 Å². The molecule has 0 aromatic carbocycles. The molecular weight excluding hydrogens is 272 g/mol. The van der Waals surface area contributed by atoms with Crippen LogP contribution >= 0.6 is 11.3 Å². The second-order valence-electron chi connectivity index (χ2n) is 5.18. The van der Waals surface area contributed by atoms with E-state index in [0.29, 0.717) is 17.9 Å². The van der Waals surface area contributed by atoms with Crippen molar-refractivity contribution in [1.82, 2.24) is 14.5 Å². The molecule has 0 fully saturated rings. The molecule has 0 atom stereocenters. The molecule has 0 bridgehead atoms. The van der Waals surface area contributed by atoms with Crippen LogP contribution in [0.1, 0.15) is 40.9 Å². The predicted octanol–water partition coefficient (Wildman–Crippen LogP) is 2.69. The van der Waals surface area contributed by atoms with Gasteiger partial charge in [-0.15, -0.1) is 11.3 Å². The summed E-state index contributed by atoms with van der Waals surface area (Å²) in [6.07, 6.45) is 1.81. The Morgan fingerprint density at radius 2 is 2.25 bits per heavy atom. The number of anilines is 1. The van der Waals surface area contributed by atoms with Gasteiger partial charge in [-0.3, -0.25) is 4.79 Å². The Bertz CT molecular complexity index is 614. The average Bonchev–Trinajstić information content (AvgIpc) is 2.95. The maximum absolute atomic E-state index is 12.6. The smallest absolute Gasteiger partial charge is 0.270 e. The number of nitrogens with two attached hydrogens (primary N) is 1. The van der Waals surface area contributed by atoms with Crippen LogP contribution in [0.3, 0.4) is 0 Å². The highest BCUT2D eigenvalue weighted by Crippen LogP contribution is 2.20. The van der Waals surface area contributed by atoms with Crippen molar-refractivity contribution < 1.29 is 4.79 Å². The van der Waals surface area contributed by atoms with E-state index in [0.717, 1.165) is 10.6 Å². The summed E-state index contributed by atoms with van der Waals surface area (Å²) in [6, 6.07) is 1.93. The molecule has 0 saturated carbocycles. The summed E-state index contributed by atoms with van der Waals surface area (Å²) in [5, 5.41) is 0. The Morgan fingerprint density at radius 1 is 1.55 bits per heavy atom. The van der Waals surface area contributed by atoms with Crippen LogP contribution in [0, 0.1) is 6.92 Å². The van der Waals surface area contributed by atoms with Gasteiger partial charge in [0.05, 0.1) is 23.4 Å². The standard InChI is InChI=1S/C14H20N4OS/c1-9(2)18-6-11(15)5-12(18)14(19)17(4)7-13-10(3)16-8-20-13/h5-6,8-9H,7,15H2,1-4H3. The Hall–Kier alpha value is -1.82. The lowest BCUT2D eigenvalue weighted by Gasteiger charge is -2.19. The fourth-order valence-electron chi connectivity index (χ4n) is 2.06. The number of aromatic nitrogens is 2. The molecule has 0 spiro atoms. The van der Waals surface area contributed by atoms with Crippen LogP contribution < -0.4 is 5.73 Å². The van der Waals surface area contributed by atoms with Crippen LogP contribution in [0.2, 0.25) is 0 Å². The fraction of sp³-hybridized carbons (Fsp3) is 0.429. The number of amides is 1. The molecule has 0 aliphatic heterocycles. The first-order valence-electron chi connectivity index (χ1n) is 6.52. The van der Waals surface area contributed by atoms with Crippen molar-refractivity contribution in [3.05, 3.63) is 34.0 Å². The zero-order valence-electron chi connectivity index (χ0n) is 12.3. The van der Waals surface area contributed by atoms with Crippen LogP contribution in [-0.2, 0) is 6.54 Å². The SMILES string of the molecule is Cc1ncsc1CN(C)C(=O)c1cc(N)cn1C(C)C. The highest BCUT2D eigenvalue weighted by molar-refractivity contribution is 7.09. The van der Waals surface area contributed by atoms with Gasteiger partial charge in [0, 0.05) is 24.2 Å². The monoisotopic (exact) mass is 292 g/mol. The number of aryl methyl sites for hydroxylation is 1. The van der Waals surface area contributed by atoms with Gasteiger partial charge in [0.1, 0.15) is 5.69 Å². The molecule has 108 valence electrons. The zero-order valence-corrected chi connectivity index (χ0v) is 13.1. The highest BCUT2D eigenvalue weighted by Gasteiger charge is 2.19. The minimum Gasteiger partial charge on any atom is -0.397 e. The van der Waals surface area contributed by atoms with E-state index in [9.17, 15) is 4.79 Å². The lowest BCUT2D eigenvalue weighted by Crippen LogP contribution is -2.28. The molecule has 5 nitrogen and oxygen atoms in total. The summed E-state index contributed by atoms with van der Waals surface area (Å²) in [7, 11) is 1.80. The van der Waals surface area contributed by atoms with Gasteiger partial charge >= 0.3 is 0 Å². The van der Waals surface area contributed by atoms with Crippen molar-refractivity contribution in [3.63, 3.8) is 0 Å². The molecular formula is C14H20N4OS. The van der Waals surface area contributed by atoms with Gasteiger partial charge in [0.15, 0.2) is 0 Å². The molecule has 2 rings (SSSR count). The number of carbonyl (C=O) groups is 1. The topological polar surface area (TPSA) is 64.2 Å². The third kappa shape index (κ3) is 2.85. The first kappa shape index (κ1) is 14.6. The molecule has 0 aliphatic carbocycles. The van der Waals surface area contributed by atoms with E-state index < -0.39 is 0 Å². The van der Waals surface area contributed by atoms with Crippen molar-refractivity contribution >= 4 is 22.9 Å². The van der Waals surface area contributed by atoms with Crippen LogP contribution in [0.15, 0.2) is 17.8 Å². The van der Waals surface area contributed by atoms with Gasteiger partial charge in [0.2, 0.25) is 0 Å². The van der Waals surface area contributed by atoms with E-state index in [1.165, 1.54) is 0 Å². The normalized spacial score (nSPS) is 11.1. The highest BCUT2D eigenvalue weighted by atomic mass is 32.1. The van der Waals surface area contributed by atoms with E-state index in [4.69, 9.17) is 5.73 Å².